The summed E-state index contributed by atoms with van der Waals surface area (Å²) in [6.07, 6.45) is 5.85. The fraction of sp³-hybridized carbons (Fsp3) is 0.366. The number of likely N-dealkylation sites (tertiary alicyclic amines) is 1. The number of ether oxygens (including phenoxy) is 2. The van der Waals surface area contributed by atoms with Gasteiger partial charge in [-0.1, -0.05) is 75.2 Å². The quantitative estimate of drug-likeness (QED) is 0.101. The van der Waals surface area contributed by atoms with Gasteiger partial charge in [0.25, 0.3) is 0 Å². The van der Waals surface area contributed by atoms with Crippen molar-refractivity contribution in [2.24, 2.45) is 5.92 Å². The third kappa shape index (κ3) is 9.14. The summed E-state index contributed by atoms with van der Waals surface area (Å²) in [5.74, 6) is 1.29. The van der Waals surface area contributed by atoms with Crippen LogP contribution in [-0.2, 0) is 25.6 Å². The predicted octanol–water partition coefficient (Wildman–Crippen LogP) is 6.43. The molecular formula is C41H48N8O6. The topological polar surface area (TPSA) is 175 Å². The number of fused-ring (bicyclic) bond motifs is 1. The summed E-state index contributed by atoms with van der Waals surface area (Å²) in [6.45, 7) is 5.38. The summed E-state index contributed by atoms with van der Waals surface area (Å²) in [5, 5.41) is 7.14. The van der Waals surface area contributed by atoms with Gasteiger partial charge in [0.15, 0.2) is 0 Å². The van der Waals surface area contributed by atoms with Gasteiger partial charge in [0, 0.05) is 18.7 Å². The number of unbranched alkanes of at least 4 members (excludes halogenated alkanes) is 1. The highest BCUT2D eigenvalue weighted by Gasteiger charge is 2.39. The molecular weight excluding hydrogens is 701 g/mol. The number of nitrogens with zero attached hydrogens (tertiary/aromatic N) is 4. The van der Waals surface area contributed by atoms with Crippen molar-refractivity contribution in [3.8, 4) is 33.6 Å². The molecule has 0 bridgehead atoms. The van der Waals surface area contributed by atoms with Crippen LogP contribution in [0.2, 0.25) is 0 Å². The summed E-state index contributed by atoms with van der Waals surface area (Å²) in [6, 6.07) is 20.8. The minimum Gasteiger partial charge on any atom is -0.453 e. The van der Waals surface area contributed by atoms with Crippen LogP contribution in [0.1, 0.15) is 57.2 Å². The lowest BCUT2D eigenvalue weighted by atomic mass is 9.97. The molecule has 0 saturated carbocycles. The van der Waals surface area contributed by atoms with Crippen LogP contribution in [0.15, 0.2) is 73.1 Å². The maximum Gasteiger partial charge on any atom is 0.407 e. The Bertz CT molecular complexity index is 2130. The number of methoxy groups -OCH3 is 2. The Hall–Kier alpha value is -6.18. The van der Waals surface area contributed by atoms with E-state index in [1.807, 2.05) is 6.20 Å². The van der Waals surface area contributed by atoms with E-state index in [2.05, 4.69) is 110 Å². The Labute approximate surface area is 320 Å². The molecule has 6 rings (SSSR count). The number of rotatable bonds is 14. The fourth-order valence-electron chi connectivity index (χ4n) is 7.07. The van der Waals surface area contributed by atoms with Crippen molar-refractivity contribution in [3.05, 3.63) is 84.7 Å². The van der Waals surface area contributed by atoms with Gasteiger partial charge >= 0.3 is 12.2 Å². The first-order valence-electron chi connectivity index (χ1n) is 18.7. The van der Waals surface area contributed by atoms with E-state index in [1.165, 1.54) is 14.2 Å². The number of carbonyl (C=O) groups excluding carboxylic acids is 4. The Kier molecular flexibility index (Phi) is 12.4. The molecule has 2 aromatic heterocycles. The van der Waals surface area contributed by atoms with E-state index in [0.717, 1.165) is 75.9 Å². The smallest absolute Gasteiger partial charge is 0.407 e. The molecule has 0 aliphatic carbocycles. The summed E-state index contributed by atoms with van der Waals surface area (Å²) in [7, 11) is 2.53. The molecule has 4 N–H and O–H groups in total. The molecule has 2 atom stereocenters. The average Bonchev–Trinajstić information content (AvgIpc) is 4.00. The molecule has 0 unspecified atom stereocenters. The van der Waals surface area contributed by atoms with Gasteiger partial charge in [0.05, 0.1) is 50.6 Å². The number of aromatic nitrogens is 4. The molecule has 4 amide bonds. The Balaban J connectivity index is 1.12. The predicted molar refractivity (Wildman–Crippen MR) is 209 cm³/mol. The van der Waals surface area contributed by atoms with Crippen LogP contribution < -0.4 is 10.6 Å². The molecule has 1 saturated heterocycles. The van der Waals surface area contributed by atoms with Crippen molar-refractivity contribution >= 4 is 34.8 Å². The number of hydrogen-bond donors (Lipinski definition) is 4. The molecule has 3 aromatic carbocycles. The monoisotopic (exact) mass is 748 g/mol. The Morgan fingerprint density at radius 3 is 2.11 bits per heavy atom. The van der Waals surface area contributed by atoms with Gasteiger partial charge in [-0.15, -0.1) is 0 Å². The number of amides is 4. The van der Waals surface area contributed by atoms with E-state index in [-0.39, 0.29) is 36.9 Å². The molecule has 288 valence electrons. The summed E-state index contributed by atoms with van der Waals surface area (Å²) in [5.41, 5.74) is 5.85. The second kappa shape index (κ2) is 17.8. The highest BCUT2D eigenvalue weighted by molar-refractivity contribution is 5.90. The maximum absolute atomic E-state index is 13.0. The molecule has 0 radical (unpaired) electrons. The van der Waals surface area contributed by atoms with E-state index < -0.39 is 12.2 Å². The standard InChI is InChI=1S/C41H48N8O6/c1-5-7-17-48(36(50)23-44-40(52)54-3)25-35-42-21-34(46-35)32-15-14-30-19-29(12-13-31(30)20-32)27-8-10-28(11-9-27)33-22-43-39(47-33)38-26(6-2)16-18-49(38)37(51)24-45-41(53)55-4/h8-15,19-22,26,38H,5-7,16-18,23-25H2,1-4H3,(H,42,46)(H,43,47)(H,44,52)(H,45,53)/t26-,38+/m1/s1. The van der Waals surface area contributed by atoms with Crippen molar-refractivity contribution < 1.29 is 28.7 Å². The molecule has 55 heavy (non-hydrogen) atoms. The highest BCUT2D eigenvalue weighted by Crippen LogP contribution is 2.39. The number of aromatic amines is 2. The summed E-state index contributed by atoms with van der Waals surface area (Å²) in [4.78, 5) is 68.5. The second-order valence-electron chi connectivity index (χ2n) is 13.6. The fourth-order valence-corrected chi connectivity index (χ4v) is 7.07. The van der Waals surface area contributed by atoms with Crippen molar-refractivity contribution in [3.63, 3.8) is 0 Å². The minimum absolute atomic E-state index is 0.126. The van der Waals surface area contributed by atoms with E-state index in [4.69, 9.17) is 4.98 Å². The van der Waals surface area contributed by atoms with Crippen molar-refractivity contribution in [2.75, 3.05) is 40.4 Å². The van der Waals surface area contributed by atoms with Crippen LogP contribution in [-0.4, -0.2) is 94.1 Å². The minimum atomic E-state index is -0.645. The van der Waals surface area contributed by atoms with Gasteiger partial charge in [-0.2, -0.15) is 0 Å². The van der Waals surface area contributed by atoms with Crippen molar-refractivity contribution in [1.82, 2.24) is 40.4 Å². The van der Waals surface area contributed by atoms with Crippen LogP contribution in [0.5, 0.6) is 0 Å². The zero-order valence-electron chi connectivity index (χ0n) is 31.7. The van der Waals surface area contributed by atoms with Crippen LogP contribution >= 0.6 is 0 Å². The van der Waals surface area contributed by atoms with Crippen LogP contribution in [0.4, 0.5) is 9.59 Å². The molecule has 14 heteroatoms. The maximum atomic E-state index is 13.0. The molecule has 14 nitrogen and oxygen atoms in total. The largest absolute Gasteiger partial charge is 0.453 e. The number of carbonyl (C=O) groups is 4. The number of hydrogen-bond acceptors (Lipinski definition) is 8. The normalized spacial score (nSPS) is 15.2. The second-order valence-corrected chi connectivity index (χ2v) is 13.6. The first kappa shape index (κ1) is 38.5. The van der Waals surface area contributed by atoms with Crippen LogP contribution in [0.25, 0.3) is 44.4 Å². The molecule has 1 aliphatic rings. The van der Waals surface area contributed by atoms with Crippen LogP contribution in [0.3, 0.4) is 0 Å². The zero-order valence-corrected chi connectivity index (χ0v) is 31.7. The van der Waals surface area contributed by atoms with E-state index in [0.29, 0.717) is 25.5 Å². The van der Waals surface area contributed by atoms with Gasteiger partial charge in [-0.3, -0.25) is 9.59 Å². The van der Waals surface area contributed by atoms with Gasteiger partial charge in [-0.05, 0) is 58.4 Å². The average molecular weight is 749 g/mol. The molecule has 1 fully saturated rings. The Morgan fingerprint density at radius 2 is 1.42 bits per heavy atom. The first-order valence-corrected chi connectivity index (χ1v) is 18.7. The van der Waals surface area contributed by atoms with Crippen LogP contribution in [0, 0.1) is 5.92 Å². The number of H-pyrrole nitrogens is 2. The zero-order chi connectivity index (χ0) is 38.9. The van der Waals surface area contributed by atoms with Crippen molar-refractivity contribution in [2.45, 2.75) is 52.1 Å². The summed E-state index contributed by atoms with van der Waals surface area (Å²) < 4.78 is 9.21. The van der Waals surface area contributed by atoms with Gasteiger partial charge in [0.2, 0.25) is 11.8 Å². The molecule has 3 heterocycles. The van der Waals surface area contributed by atoms with E-state index in [9.17, 15) is 19.2 Å². The highest BCUT2D eigenvalue weighted by atomic mass is 16.5. The lowest BCUT2D eigenvalue weighted by Gasteiger charge is -2.26. The number of nitrogens with one attached hydrogen (secondary N) is 4. The lowest BCUT2D eigenvalue weighted by molar-refractivity contribution is -0.132. The van der Waals surface area contributed by atoms with Gasteiger partial charge in [-0.25, -0.2) is 19.6 Å². The van der Waals surface area contributed by atoms with E-state index >= 15 is 0 Å². The number of alkyl carbamates (subject to hydrolysis) is 2. The van der Waals surface area contributed by atoms with E-state index in [1.54, 1.807) is 16.0 Å². The third-order valence-electron chi connectivity index (χ3n) is 10.2. The van der Waals surface area contributed by atoms with Crippen molar-refractivity contribution in [1.29, 1.82) is 0 Å². The summed E-state index contributed by atoms with van der Waals surface area (Å²) >= 11 is 0. The lowest BCUT2D eigenvalue weighted by Crippen LogP contribution is -2.40. The molecule has 1 aliphatic heterocycles. The van der Waals surface area contributed by atoms with Gasteiger partial charge in [0.1, 0.15) is 24.7 Å². The first-order chi connectivity index (χ1) is 26.7. The number of imidazole rings is 2. The molecule has 0 spiro atoms. The third-order valence-corrected chi connectivity index (χ3v) is 10.2. The Morgan fingerprint density at radius 1 is 0.800 bits per heavy atom. The molecule has 5 aromatic rings. The SMILES string of the molecule is CCCCN(Cc1ncc(-c2ccc3cc(-c4ccc(-c5cnc([C@@H]6[C@H](CC)CCN6C(=O)CNC(=O)OC)[nH]5)cc4)ccc3c2)[nH]1)C(=O)CNC(=O)OC. The van der Waals surface area contributed by atoms with Gasteiger partial charge < -0.3 is 39.9 Å². The number of benzene rings is 3.